The van der Waals surface area contributed by atoms with Crippen LogP contribution in [0.5, 0.6) is 0 Å². The molecule has 1 heterocycles. The molecule has 0 aromatic heterocycles. The molecule has 1 aliphatic heterocycles. The minimum atomic E-state index is -0.414. The predicted octanol–water partition coefficient (Wildman–Crippen LogP) is 2.07. The van der Waals surface area contributed by atoms with E-state index in [2.05, 4.69) is 0 Å². The van der Waals surface area contributed by atoms with Crippen LogP contribution < -0.4 is 4.46 Å². The molecule has 0 unspecified atom stereocenters. The molecule has 0 spiro atoms. The fourth-order valence-corrected chi connectivity index (χ4v) is 4.76. The van der Waals surface area contributed by atoms with Crippen LogP contribution in [0.25, 0.3) is 0 Å². The molecule has 1 aromatic rings. The molecule has 0 amide bonds. The van der Waals surface area contributed by atoms with Crippen molar-refractivity contribution >= 4 is 31.1 Å². The quantitative estimate of drug-likeness (QED) is 0.356. The molecule has 108 valence electrons. The second-order valence-electron chi connectivity index (χ2n) is 5.22. The number of carbonyl (C=O) groups is 1. The van der Waals surface area contributed by atoms with Crippen LogP contribution in [0.1, 0.15) is 26.7 Å². The summed E-state index contributed by atoms with van der Waals surface area (Å²) >= 11 is 0.0153. The van der Waals surface area contributed by atoms with E-state index in [0.717, 1.165) is 16.2 Å². The molecule has 0 N–H and O–H groups in total. The van der Waals surface area contributed by atoms with Crippen molar-refractivity contribution in [1.29, 1.82) is 0 Å². The number of carbonyl (C=O) groups excluding carboxylic acids is 1. The fourth-order valence-electron chi connectivity index (χ4n) is 2.26. The van der Waals surface area contributed by atoms with Gasteiger partial charge in [-0.05, 0) is 0 Å². The zero-order valence-corrected chi connectivity index (χ0v) is 13.2. The maximum absolute atomic E-state index is 11.3. The van der Waals surface area contributed by atoms with Crippen LogP contribution in [0, 0.1) is 16.0 Å². The number of hydrogen-bond donors (Lipinski definition) is 0. The molecular weight excluding hydrogens is 325 g/mol. The Bertz CT molecular complexity index is 534. The van der Waals surface area contributed by atoms with Crippen molar-refractivity contribution in [3.8, 4) is 0 Å². The molecular formula is C14H17NO4Se. The number of nitro benzene ring substituents is 1. The summed E-state index contributed by atoms with van der Waals surface area (Å²) in [4.78, 5) is 21.9. The number of hydrogen-bond acceptors (Lipinski definition) is 4. The summed E-state index contributed by atoms with van der Waals surface area (Å²) in [6, 6.07) is 6.85. The molecule has 0 bridgehead atoms. The van der Waals surface area contributed by atoms with Crippen LogP contribution in [0.2, 0.25) is 5.32 Å². The number of rotatable bonds is 5. The monoisotopic (exact) mass is 343 g/mol. The molecule has 6 heteroatoms. The van der Waals surface area contributed by atoms with Gasteiger partial charge in [0, 0.05) is 0 Å². The summed E-state index contributed by atoms with van der Waals surface area (Å²) in [7, 11) is 0. The first-order chi connectivity index (χ1) is 9.42. The molecule has 0 saturated carbocycles. The Morgan fingerprint density at radius 1 is 1.50 bits per heavy atom. The number of nitro groups is 1. The van der Waals surface area contributed by atoms with E-state index in [1.165, 1.54) is 6.07 Å². The molecule has 2 atom stereocenters. The Labute approximate surface area is 124 Å². The van der Waals surface area contributed by atoms with Crippen LogP contribution in [-0.4, -0.2) is 31.5 Å². The van der Waals surface area contributed by atoms with Gasteiger partial charge < -0.3 is 0 Å². The van der Waals surface area contributed by atoms with E-state index in [0.29, 0.717) is 6.42 Å². The second kappa shape index (κ2) is 5.94. The zero-order chi connectivity index (χ0) is 14.8. The summed E-state index contributed by atoms with van der Waals surface area (Å²) in [5, 5.41) is 11.8. The predicted molar refractivity (Wildman–Crippen MR) is 76.2 cm³/mol. The summed E-state index contributed by atoms with van der Waals surface area (Å²) in [6.45, 7) is 3.97. The van der Waals surface area contributed by atoms with E-state index >= 15 is 0 Å². The van der Waals surface area contributed by atoms with Crippen LogP contribution in [0.15, 0.2) is 24.3 Å². The molecule has 0 aliphatic carbocycles. The van der Waals surface area contributed by atoms with E-state index in [1.54, 1.807) is 6.07 Å². The van der Waals surface area contributed by atoms with Gasteiger partial charge in [0.2, 0.25) is 0 Å². The maximum atomic E-state index is 11.3. The van der Waals surface area contributed by atoms with Crippen molar-refractivity contribution in [2.75, 3.05) is 0 Å². The standard InChI is InChI=1S/C14H17NO4Se/c1-10-9-13(16)19-14(10,2)7-8-20-12-6-4-3-5-11(12)15(17)18/h3-6,10H,7-9H2,1-2H3/t10-,14-/m1/s1. The van der Waals surface area contributed by atoms with Crippen molar-refractivity contribution < 1.29 is 14.5 Å². The zero-order valence-electron chi connectivity index (χ0n) is 11.5. The average Bonchev–Trinajstić information content (AvgIpc) is 2.63. The van der Waals surface area contributed by atoms with Crippen molar-refractivity contribution in [3.63, 3.8) is 0 Å². The number of esters is 1. The average molecular weight is 342 g/mol. The molecule has 1 aliphatic rings. The van der Waals surface area contributed by atoms with Gasteiger partial charge in [-0.25, -0.2) is 0 Å². The summed E-state index contributed by atoms with van der Waals surface area (Å²) in [6.07, 6.45) is 1.22. The van der Waals surface area contributed by atoms with E-state index in [9.17, 15) is 14.9 Å². The molecule has 20 heavy (non-hydrogen) atoms. The third kappa shape index (κ3) is 3.19. The number of nitrogens with zero attached hydrogens (tertiary/aromatic N) is 1. The Kier molecular flexibility index (Phi) is 4.45. The van der Waals surface area contributed by atoms with Crippen molar-refractivity contribution in [1.82, 2.24) is 0 Å². The SMILES string of the molecule is C[C@@H]1CC(=O)O[C@]1(C)CC[Se]c1ccccc1[N+](=O)[O-]. The van der Waals surface area contributed by atoms with Crippen LogP contribution in [-0.2, 0) is 9.53 Å². The molecule has 0 radical (unpaired) electrons. The molecule has 2 rings (SSSR count). The van der Waals surface area contributed by atoms with E-state index < -0.39 is 5.60 Å². The van der Waals surface area contributed by atoms with Crippen molar-refractivity contribution in [2.45, 2.75) is 37.6 Å². The van der Waals surface area contributed by atoms with Crippen LogP contribution >= 0.6 is 0 Å². The van der Waals surface area contributed by atoms with Gasteiger partial charge in [0.15, 0.2) is 0 Å². The van der Waals surface area contributed by atoms with Gasteiger partial charge in [-0.1, -0.05) is 0 Å². The Morgan fingerprint density at radius 2 is 2.20 bits per heavy atom. The van der Waals surface area contributed by atoms with Gasteiger partial charge in [-0.15, -0.1) is 0 Å². The number of cyclic esters (lactones) is 1. The summed E-state index contributed by atoms with van der Waals surface area (Å²) in [5.41, 5.74) is -0.225. The number of benzene rings is 1. The van der Waals surface area contributed by atoms with Gasteiger partial charge in [-0.3, -0.25) is 0 Å². The number of para-hydroxylation sites is 1. The first kappa shape index (κ1) is 15.0. The third-order valence-corrected chi connectivity index (χ3v) is 6.01. The Hall–Kier alpha value is -1.39. The topological polar surface area (TPSA) is 69.4 Å². The Balaban J connectivity index is 1.97. The normalized spacial score (nSPS) is 25.5. The fraction of sp³-hybridized carbons (Fsp3) is 0.500. The number of ether oxygens (including phenoxy) is 1. The van der Waals surface area contributed by atoms with Crippen LogP contribution in [0.4, 0.5) is 5.69 Å². The summed E-state index contributed by atoms with van der Waals surface area (Å²) < 4.78 is 6.21. The first-order valence-corrected chi connectivity index (χ1v) is 8.57. The van der Waals surface area contributed by atoms with Gasteiger partial charge in [0.1, 0.15) is 0 Å². The first-order valence-electron chi connectivity index (χ1n) is 6.50. The van der Waals surface area contributed by atoms with Gasteiger partial charge in [0.25, 0.3) is 0 Å². The van der Waals surface area contributed by atoms with Gasteiger partial charge >= 0.3 is 123 Å². The second-order valence-corrected chi connectivity index (χ2v) is 7.60. The van der Waals surface area contributed by atoms with E-state index in [4.69, 9.17) is 4.74 Å². The van der Waals surface area contributed by atoms with E-state index in [-0.39, 0.29) is 37.5 Å². The van der Waals surface area contributed by atoms with Crippen molar-refractivity contribution in [2.24, 2.45) is 5.92 Å². The van der Waals surface area contributed by atoms with Crippen molar-refractivity contribution in [3.05, 3.63) is 34.4 Å². The molecule has 1 fully saturated rings. The van der Waals surface area contributed by atoms with Gasteiger partial charge in [0.05, 0.1) is 0 Å². The third-order valence-electron chi connectivity index (χ3n) is 3.78. The summed E-state index contributed by atoms with van der Waals surface area (Å²) in [5.74, 6) is 0.0646. The van der Waals surface area contributed by atoms with Gasteiger partial charge in [-0.2, -0.15) is 0 Å². The molecule has 1 aromatic carbocycles. The van der Waals surface area contributed by atoms with E-state index in [1.807, 2.05) is 26.0 Å². The molecule has 5 nitrogen and oxygen atoms in total. The molecule has 1 saturated heterocycles. The van der Waals surface area contributed by atoms with Crippen LogP contribution in [0.3, 0.4) is 0 Å². The minimum absolute atomic E-state index is 0.0153. The Morgan fingerprint density at radius 3 is 2.80 bits per heavy atom.